The zero-order valence-electron chi connectivity index (χ0n) is 34.4. The zero-order valence-corrected chi connectivity index (χ0v) is 36.7. The molecule has 2 aromatic rings. The Morgan fingerprint density at radius 3 is 1.93 bits per heavy atom. The van der Waals surface area contributed by atoms with Crippen LogP contribution in [-0.4, -0.2) is 137 Å². The first kappa shape index (κ1) is 50.0. The number of ether oxygens (including phenoxy) is 6. The summed E-state index contributed by atoms with van der Waals surface area (Å²) in [5.74, 6) is 0.253. The summed E-state index contributed by atoms with van der Waals surface area (Å²) in [7, 11) is -1.41. The minimum absolute atomic E-state index is 0.00695. The van der Waals surface area contributed by atoms with Crippen LogP contribution in [0.25, 0.3) is 0 Å². The molecule has 2 amide bonds. The van der Waals surface area contributed by atoms with Gasteiger partial charge in [0, 0.05) is 74.8 Å². The molecule has 0 saturated heterocycles. The maximum atomic E-state index is 13.0. The Bertz CT molecular complexity index is 1570. The number of carbonyl (C=O) groups is 2. The molecule has 0 spiro atoms. The molecule has 0 radical (unpaired) electrons. The van der Waals surface area contributed by atoms with Crippen molar-refractivity contribution in [2.24, 2.45) is 0 Å². The number of amides is 2. The van der Waals surface area contributed by atoms with Crippen molar-refractivity contribution in [1.29, 1.82) is 0 Å². The predicted molar refractivity (Wildman–Crippen MR) is 227 cm³/mol. The number of fused-ring (bicyclic) bond motifs is 1. The minimum atomic E-state index is -3.45. The van der Waals surface area contributed by atoms with Crippen LogP contribution in [0.1, 0.15) is 80.9 Å². The molecule has 2 N–H and O–H groups in total. The van der Waals surface area contributed by atoms with Crippen molar-refractivity contribution >= 4 is 44.9 Å². The van der Waals surface area contributed by atoms with E-state index in [0.29, 0.717) is 126 Å². The van der Waals surface area contributed by atoms with Crippen molar-refractivity contribution in [2.45, 2.75) is 75.6 Å². The Kier molecular flexibility index (Phi) is 25.7. The molecule has 3 rings (SSSR count). The van der Waals surface area contributed by atoms with Gasteiger partial charge in [0.25, 0.3) is 0 Å². The molecular weight excluding hydrogens is 809 g/mol. The lowest BCUT2D eigenvalue weighted by atomic mass is 9.85. The van der Waals surface area contributed by atoms with Crippen molar-refractivity contribution in [3.05, 3.63) is 63.1 Å². The first-order valence-corrected chi connectivity index (χ1v) is 23.0. The van der Waals surface area contributed by atoms with Crippen molar-refractivity contribution in [2.75, 3.05) is 112 Å². The lowest BCUT2D eigenvalue weighted by molar-refractivity contribution is -0.119. The topological polar surface area (TPSA) is 151 Å². The van der Waals surface area contributed by atoms with E-state index in [2.05, 4.69) is 22.5 Å². The van der Waals surface area contributed by atoms with Crippen LogP contribution in [0.2, 0.25) is 10.0 Å². The van der Waals surface area contributed by atoms with E-state index >= 15 is 0 Å². The Morgan fingerprint density at radius 1 is 0.707 bits per heavy atom. The molecule has 0 aliphatic carbocycles. The van der Waals surface area contributed by atoms with Crippen molar-refractivity contribution in [3.63, 3.8) is 0 Å². The number of carbonyl (C=O) groups excluding carboxylic acids is 2. The zero-order chi connectivity index (χ0) is 41.9. The number of likely N-dealkylation sites (N-methyl/N-ethyl adjacent to an activating group) is 1. The van der Waals surface area contributed by atoms with Crippen LogP contribution in [-0.2, 0) is 49.6 Å². The number of nitrogens with zero attached hydrogens (tertiary/aromatic N) is 1. The Morgan fingerprint density at radius 2 is 1.28 bits per heavy atom. The number of urea groups is 1. The normalized spacial score (nSPS) is 14.4. The van der Waals surface area contributed by atoms with Crippen LogP contribution >= 0.6 is 23.2 Å². The largest absolute Gasteiger partial charge is 0.379 e. The average Bonchev–Trinajstić information content (AvgIpc) is 3.20. The molecule has 1 aliphatic rings. The summed E-state index contributed by atoms with van der Waals surface area (Å²) in [6.07, 6.45) is 5.53. The summed E-state index contributed by atoms with van der Waals surface area (Å²) in [5.41, 5.74) is 3.15. The summed E-state index contributed by atoms with van der Waals surface area (Å²) in [6.45, 7) is 10.2. The fraction of sp³-hybridized carbons (Fsp3) is 0.667. The highest BCUT2D eigenvalue weighted by molar-refractivity contribution is 7.91. The van der Waals surface area contributed by atoms with Crippen molar-refractivity contribution < 1.29 is 46.4 Å². The number of Topliss-reactive ketones (excluding diaryl/α,β-unsaturated/α-hetero) is 1. The molecule has 0 fully saturated rings. The number of nitrogens with one attached hydrogen (secondary N) is 2. The minimum Gasteiger partial charge on any atom is -0.379 e. The van der Waals surface area contributed by atoms with E-state index in [4.69, 9.17) is 51.6 Å². The Labute approximate surface area is 356 Å². The first-order valence-electron chi connectivity index (χ1n) is 20.6. The van der Waals surface area contributed by atoms with E-state index in [-0.39, 0.29) is 23.5 Å². The van der Waals surface area contributed by atoms with Gasteiger partial charge in [-0.3, -0.25) is 4.79 Å². The number of sulfone groups is 1. The number of benzene rings is 2. The van der Waals surface area contributed by atoms with Crippen LogP contribution in [0.5, 0.6) is 0 Å². The van der Waals surface area contributed by atoms with E-state index in [1.54, 1.807) is 18.2 Å². The molecule has 1 heterocycles. The fourth-order valence-corrected chi connectivity index (χ4v) is 8.21. The molecule has 0 saturated carbocycles. The average molecular weight is 875 g/mol. The molecule has 328 valence electrons. The third kappa shape index (κ3) is 20.7. The standard InChI is InChI=1S/C42H65Cl2N3O10S/c1-3-17-52-21-25-56-28-24-55-20-16-46-42(49)45-15-6-4-5-9-36(48)10-7-18-53-22-26-57-27-23-54-19-8-29-58(50,51)37-13-11-34(12-14-37)39-32-47(2)33-40-38(39)30-35(43)31-41(40)44/h11-14,30-31,39H,3-10,15-29,32-33H2,1-2H3,(H2,45,46,49). The van der Waals surface area contributed by atoms with Gasteiger partial charge in [0.15, 0.2) is 9.84 Å². The monoisotopic (exact) mass is 873 g/mol. The third-order valence-electron chi connectivity index (χ3n) is 9.37. The van der Waals surface area contributed by atoms with Crippen LogP contribution < -0.4 is 10.6 Å². The highest BCUT2D eigenvalue weighted by atomic mass is 35.5. The van der Waals surface area contributed by atoms with Crippen LogP contribution in [0, 0.1) is 0 Å². The summed E-state index contributed by atoms with van der Waals surface area (Å²) in [6, 6.07) is 10.6. The molecule has 2 aromatic carbocycles. The van der Waals surface area contributed by atoms with E-state index in [0.717, 1.165) is 62.1 Å². The van der Waals surface area contributed by atoms with Gasteiger partial charge >= 0.3 is 6.03 Å². The maximum absolute atomic E-state index is 13.0. The molecule has 1 atom stereocenters. The van der Waals surface area contributed by atoms with Crippen LogP contribution in [0.4, 0.5) is 4.79 Å². The van der Waals surface area contributed by atoms with Crippen LogP contribution in [0.3, 0.4) is 0 Å². The summed E-state index contributed by atoms with van der Waals surface area (Å²) >= 11 is 12.8. The number of unbranched alkanes of at least 4 members (excludes halogenated alkanes) is 2. The number of rotatable bonds is 33. The lowest BCUT2D eigenvalue weighted by Crippen LogP contribution is -2.37. The third-order valence-corrected chi connectivity index (χ3v) is 11.7. The highest BCUT2D eigenvalue weighted by Crippen LogP contribution is 2.38. The van der Waals surface area contributed by atoms with E-state index < -0.39 is 9.84 Å². The smallest absolute Gasteiger partial charge is 0.314 e. The van der Waals surface area contributed by atoms with Crippen molar-refractivity contribution in [3.8, 4) is 0 Å². The second-order valence-electron chi connectivity index (χ2n) is 14.3. The first-order chi connectivity index (χ1) is 28.1. The predicted octanol–water partition coefficient (Wildman–Crippen LogP) is 6.45. The Hall–Kier alpha value is -2.37. The number of hydrogen-bond donors (Lipinski definition) is 2. The quantitative estimate of drug-likeness (QED) is 0.0762. The molecule has 1 unspecified atom stereocenters. The molecule has 1 aliphatic heterocycles. The second-order valence-corrected chi connectivity index (χ2v) is 17.2. The molecule has 13 nitrogen and oxygen atoms in total. The number of ketones is 1. The van der Waals surface area contributed by atoms with E-state index in [1.807, 2.05) is 25.2 Å². The molecular formula is C42H65Cl2N3O10S. The van der Waals surface area contributed by atoms with Crippen LogP contribution in [0.15, 0.2) is 41.3 Å². The summed E-state index contributed by atoms with van der Waals surface area (Å²) < 4.78 is 58.8. The molecule has 0 bridgehead atoms. The number of hydrogen-bond acceptors (Lipinski definition) is 11. The molecule has 16 heteroatoms. The highest BCUT2D eigenvalue weighted by Gasteiger charge is 2.27. The van der Waals surface area contributed by atoms with Gasteiger partial charge in [0.2, 0.25) is 0 Å². The summed E-state index contributed by atoms with van der Waals surface area (Å²) in [4.78, 5) is 26.5. The van der Waals surface area contributed by atoms with E-state index in [1.165, 1.54) is 0 Å². The molecule has 0 aromatic heterocycles. The maximum Gasteiger partial charge on any atom is 0.314 e. The van der Waals surface area contributed by atoms with Gasteiger partial charge in [-0.1, -0.05) is 48.7 Å². The van der Waals surface area contributed by atoms with Gasteiger partial charge < -0.3 is 44.0 Å². The fourth-order valence-electron chi connectivity index (χ4n) is 6.36. The number of halogens is 2. The van der Waals surface area contributed by atoms with Gasteiger partial charge in [-0.2, -0.15) is 0 Å². The Balaban J connectivity index is 1.08. The van der Waals surface area contributed by atoms with Gasteiger partial charge in [-0.15, -0.1) is 0 Å². The molecule has 58 heavy (non-hydrogen) atoms. The van der Waals surface area contributed by atoms with Crippen molar-refractivity contribution in [1.82, 2.24) is 15.5 Å². The summed E-state index contributed by atoms with van der Waals surface area (Å²) in [5, 5.41) is 6.81. The lowest BCUT2D eigenvalue weighted by Gasteiger charge is -2.33. The van der Waals surface area contributed by atoms with Gasteiger partial charge in [0.1, 0.15) is 5.78 Å². The van der Waals surface area contributed by atoms with Gasteiger partial charge in [0.05, 0.1) is 70.1 Å². The van der Waals surface area contributed by atoms with Gasteiger partial charge in [-0.05, 0) is 80.1 Å². The van der Waals surface area contributed by atoms with E-state index in [9.17, 15) is 18.0 Å². The van der Waals surface area contributed by atoms with Gasteiger partial charge in [-0.25, -0.2) is 13.2 Å². The second kappa shape index (κ2) is 29.8. The SMILES string of the molecule is CCCOCCOCCOCCNC(=O)NCCCCCC(=O)CCCOCCOCCOCCCS(=O)(=O)c1ccc(C2CN(C)Cc3c(Cl)cc(Cl)cc32)cc1.